The summed E-state index contributed by atoms with van der Waals surface area (Å²) in [7, 11) is 0. The van der Waals surface area contributed by atoms with Crippen molar-refractivity contribution in [1.82, 2.24) is 14.8 Å². The van der Waals surface area contributed by atoms with E-state index in [1.165, 1.54) is 0 Å². The summed E-state index contributed by atoms with van der Waals surface area (Å²) in [5, 5.41) is 7.33. The maximum Gasteiger partial charge on any atom is 0.336 e. The molecule has 1 N–H and O–H groups in total. The lowest BCUT2D eigenvalue weighted by atomic mass is 10.1. The number of carbonyl (C=O) groups excluding carboxylic acids is 2. The number of nitrogens with one attached hydrogen (secondary N) is 1. The van der Waals surface area contributed by atoms with Crippen LogP contribution >= 0.6 is 0 Å². The van der Waals surface area contributed by atoms with Crippen molar-refractivity contribution in [3.8, 4) is 23.1 Å². The van der Waals surface area contributed by atoms with E-state index in [0.717, 1.165) is 16.8 Å². The lowest BCUT2D eigenvalue weighted by Crippen LogP contribution is -2.14. The number of aromatic nitrogens is 3. The van der Waals surface area contributed by atoms with Crippen molar-refractivity contribution in [2.45, 2.75) is 46.6 Å². The Hall–Kier alpha value is -3.68. The van der Waals surface area contributed by atoms with Crippen LogP contribution in [-0.4, -0.2) is 39.4 Å². The number of carbonyl (C=O) groups is 2. The van der Waals surface area contributed by atoms with Gasteiger partial charge < -0.3 is 14.8 Å². The molecule has 0 atom stereocenters. The van der Waals surface area contributed by atoms with E-state index in [4.69, 9.17) is 9.47 Å². The van der Waals surface area contributed by atoms with E-state index in [1.54, 1.807) is 23.7 Å². The van der Waals surface area contributed by atoms with Crippen molar-refractivity contribution in [1.29, 1.82) is 0 Å². The van der Waals surface area contributed by atoms with E-state index >= 15 is 0 Å². The quantitative estimate of drug-likeness (QED) is 0.502. The molecule has 0 bridgehead atoms. The van der Waals surface area contributed by atoms with Crippen molar-refractivity contribution in [2.24, 2.45) is 0 Å². The zero-order valence-corrected chi connectivity index (χ0v) is 18.8. The van der Waals surface area contributed by atoms with Crippen molar-refractivity contribution in [2.75, 3.05) is 11.9 Å². The van der Waals surface area contributed by atoms with Gasteiger partial charge in [0.05, 0.1) is 24.8 Å². The molecule has 0 radical (unpaired) electrons. The van der Waals surface area contributed by atoms with Gasteiger partial charge >= 0.3 is 12.0 Å². The summed E-state index contributed by atoms with van der Waals surface area (Å²) in [5.74, 6) is 0.0390. The van der Waals surface area contributed by atoms with Gasteiger partial charge in [0.15, 0.2) is 5.82 Å². The summed E-state index contributed by atoms with van der Waals surface area (Å²) in [6, 6.07) is 15.5. The predicted molar refractivity (Wildman–Crippen MR) is 122 cm³/mol. The highest BCUT2D eigenvalue weighted by Gasteiger charge is 2.17. The number of anilines is 1. The molecular formula is C24H28N4O4. The fourth-order valence-corrected chi connectivity index (χ4v) is 3.09. The summed E-state index contributed by atoms with van der Waals surface area (Å²) in [5.41, 5.74) is 3.43. The number of rotatable bonds is 9. The summed E-state index contributed by atoms with van der Waals surface area (Å²) in [6.45, 7) is 7.91. The molecule has 0 unspecified atom stereocenters. The van der Waals surface area contributed by atoms with Crippen LogP contribution in [0.25, 0.3) is 17.1 Å². The van der Waals surface area contributed by atoms with Gasteiger partial charge in [0.2, 0.25) is 5.91 Å². The van der Waals surface area contributed by atoms with Crippen LogP contribution in [-0.2, 0) is 14.3 Å². The molecule has 0 fully saturated rings. The molecule has 32 heavy (non-hydrogen) atoms. The third-order valence-electron chi connectivity index (χ3n) is 4.57. The molecule has 0 saturated heterocycles. The lowest BCUT2D eigenvalue weighted by Gasteiger charge is -2.09. The molecule has 168 valence electrons. The molecule has 0 spiro atoms. The van der Waals surface area contributed by atoms with Crippen molar-refractivity contribution < 1.29 is 19.1 Å². The highest BCUT2D eigenvalue weighted by molar-refractivity contribution is 5.92. The lowest BCUT2D eigenvalue weighted by molar-refractivity contribution is -0.144. The molecule has 1 heterocycles. The van der Waals surface area contributed by atoms with Gasteiger partial charge in [-0.1, -0.05) is 24.3 Å². The second kappa shape index (κ2) is 10.6. The van der Waals surface area contributed by atoms with E-state index in [9.17, 15) is 9.59 Å². The molecule has 8 heteroatoms. The van der Waals surface area contributed by atoms with Gasteiger partial charge in [0.25, 0.3) is 0 Å². The van der Waals surface area contributed by atoms with Crippen molar-refractivity contribution in [3.05, 3.63) is 54.1 Å². The van der Waals surface area contributed by atoms with Crippen LogP contribution in [0, 0.1) is 6.92 Å². The third-order valence-corrected chi connectivity index (χ3v) is 4.57. The van der Waals surface area contributed by atoms with Gasteiger partial charge in [-0.3, -0.25) is 9.59 Å². The number of nitrogens with zero attached hydrogens (tertiary/aromatic N) is 3. The Morgan fingerprint density at radius 1 is 1.06 bits per heavy atom. The minimum Gasteiger partial charge on any atom is -0.466 e. The van der Waals surface area contributed by atoms with Gasteiger partial charge in [-0.2, -0.15) is 4.98 Å². The van der Waals surface area contributed by atoms with Crippen LogP contribution in [0.3, 0.4) is 0 Å². The second-order valence-corrected chi connectivity index (χ2v) is 7.51. The first-order valence-corrected chi connectivity index (χ1v) is 10.6. The second-order valence-electron chi connectivity index (χ2n) is 7.51. The van der Waals surface area contributed by atoms with Gasteiger partial charge in [-0.15, -0.1) is 5.10 Å². The number of aryl methyl sites for hydroxylation is 1. The Labute approximate surface area is 187 Å². The summed E-state index contributed by atoms with van der Waals surface area (Å²) >= 11 is 0. The first-order valence-electron chi connectivity index (χ1n) is 10.6. The molecular weight excluding hydrogens is 408 g/mol. The molecule has 0 aliphatic heterocycles. The zero-order chi connectivity index (χ0) is 23.1. The Morgan fingerprint density at radius 3 is 2.44 bits per heavy atom. The fourth-order valence-electron chi connectivity index (χ4n) is 3.09. The van der Waals surface area contributed by atoms with Gasteiger partial charge in [-0.25, -0.2) is 4.68 Å². The standard InChI is InChI=1S/C24H28N4O4/c1-5-31-22(30)15-14-21(29)25-18-10-12-19(13-11-18)28-23(20-9-7-6-8-17(20)4)26-24(27-28)32-16(2)3/h6-13,16H,5,14-15H2,1-4H3,(H,25,29). The number of esters is 1. The maximum absolute atomic E-state index is 12.1. The Balaban J connectivity index is 1.80. The molecule has 0 saturated carbocycles. The zero-order valence-electron chi connectivity index (χ0n) is 18.8. The SMILES string of the molecule is CCOC(=O)CCC(=O)Nc1ccc(-n2nc(OC(C)C)nc2-c2ccccc2C)cc1. The van der Waals surface area contributed by atoms with Crippen LogP contribution in [0.5, 0.6) is 6.01 Å². The van der Waals surface area contributed by atoms with Gasteiger partial charge in [-0.05, 0) is 57.5 Å². The van der Waals surface area contributed by atoms with Crippen molar-refractivity contribution in [3.63, 3.8) is 0 Å². The minimum atomic E-state index is -0.382. The number of amides is 1. The van der Waals surface area contributed by atoms with E-state index in [0.29, 0.717) is 24.1 Å². The fraction of sp³-hybridized carbons (Fsp3) is 0.333. The normalized spacial score (nSPS) is 10.8. The van der Waals surface area contributed by atoms with Crippen LogP contribution in [0.2, 0.25) is 0 Å². The first kappa shape index (κ1) is 23.0. The summed E-state index contributed by atoms with van der Waals surface area (Å²) in [6.07, 6.45) is 0.0642. The van der Waals surface area contributed by atoms with E-state index < -0.39 is 0 Å². The molecule has 3 rings (SSSR count). The largest absolute Gasteiger partial charge is 0.466 e. The molecule has 0 aliphatic rings. The Morgan fingerprint density at radius 2 is 1.78 bits per heavy atom. The van der Waals surface area contributed by atoms with Crippen LogP contribution in [0.1, 0.15) is 39.2 Å². The molecule has 2 aromatic carbocycles. The summed E-state index contributed by atoms with van der Waals surface area (Å²) in [4.78, 5) is 28.1. The smallest absolute Gasteiger partial charge is 0.336 e. The van der Waals surface area contributed by atoms with Crippen LogP contribution in [0.15, 0.2) is 48.5 Å². The van der Waals surface area contributed by atoms with Gasteiger partial charge in [0, 0.05) is 17.7 Å². The first-order chi connectivity index (χ1) is 15.4. The third kappa shape index (κ3) is 5.94. The Kier molecular flexibility index (Phi) is 7.59. The highest BCUT2D eigenvalue weighted by Crippen LogP contribution is 2.27. The summed E-state index contributed by atoms with van der Waals surface area (Å²) < 4.78 is 12.3. The molecule has 1 amide bonds. The Bertz CT molecular complexity index is 1070. The van der Waals surface area contributed by atoms with Crippen LogP contribution < -0.4 is 10.1 Å². The van der Waals surface area contributed by atoms with E-state index in [-0.39, 0.29) is 30.8 Å². The minimum absolute atomic E-state index is 0.0507. The topological polar surface area (TPSA) is 95.3 Å². The number of benzene rings is 2. The number of hydrogen-bond acceptors (Lipinski definition) is 6. The monoisotopic (exact) mass is 436 g/mol. The maximum atomic E-state index is 12.1. The van der Waals surface area contributed by atoms with Gasteiger partial charge in [0.1, 0.15) is 0 Å². The highest BCUT2D eigenvalue weighted by atomic mass is 16.5. The molecule has 8 nitrogen and oxygen atoms in total. The number of hydrogen-bond donors (Lipinski definition) is 1. The average Bonchev–Trinajstić information content (AvgIpc) is 3.16. The predicted octanol–water partition coefficient (Wildman–Crippen LogP) is 4.31. The van der Waals surface area contributed by atoms with E-state index in [2.05, 4.69) is 15.4 Å². The van der Waals surface area contributed by atoms with Crippen LogP contribution in [0.4, 0.5) is 5.69 Å². The number of ether oxygens (including phenoxy) is 2. The average molecular weight is 437 g/mol. The molecule has 3 aromatic rings. The van der Waals surface area contributed by atoms with Crippen molar-refractivity contribution >= 4 is 17.6 Å². The van der Waals surface area contributed by atoms with E-state index in [1.807, 2.05) is 57.2 Å². The molecule has 1 aromatic heterocycles. The molecule has 0 aliphatic carbocycles.